The molecule has 0 unspecified atom stereocenters. The molecule has 28 heavy (non-hydrogen) atoms. The molecule has 146 valence electrons. The summed E-state index contributed by atoms with van der Waals surface area (Å²) in [7, 11) is 0. The molecule has 2 aliphatic heterocycles. The van der Waals surface area contributed by atoms with E-state index < -0.39 is 17.4 Å². The Morgan fingerprint density at radius 3 is 2.64 bits per heavy atom. The molecule has 2 heterocycles. The second kappa shape index (κ2) is 6.64. The predicted molar refractivity (Wildman–Crippen MR) is 98.9 cm³/mol. The standard InChI is InChI=1S/C22H21F2NO3/c23-18-4-1-3-16(20(18)24)11-15-7-8-19-17(12-15)22(27-9-2-10-28-22)21(26)25(19)13-14-5-6-14/h1,3-4,7-8,12,14H,2,5-6,9-11,13H2. The van der Waals surface area contributed by atoms with E-state index in [1.54, 1.807) is 11.0 Å². The third kappa shape index (κ3) is 2.83. The highest BCUT2D eigenvalue weighted by Gasteiger charge is 2.55. The largest absolute Gasteiger partial charge is 0.338 e. The Labute approximate surface area is 162 Å². The van der Waals surface area contributed by atoms with Gasteiger partial charge in [-0.3, -0.25) is 4.79 Å². The summed E-state index contributed by atoms with van der Waals surface area (Å²) in [6, 6.07) is 9.75. The van der Waals surface area contributed by atoms with Crippen LogP contribution in [0.2, 0.25) is 0 Å². The van der Waals surface area contributed by atoms with Gasteiger partial charge in [0.25, 0.3) is 11.7 Å². The normalized spacial score (nSPS) is 20.6. The molecule has 0 bridgehead atoms. The van der Waals surface area contributed by atoms with Gasteiger partial charge in [0.15, 0.2) is 11.6 Å². The van der Waals surface area contributed by atoms with E-state index in [4.69, 9.17) is 9.47 Å². The van der Waals surface area contributed by atoms with Crippen LogP contribution < -0.4 is 4.90 Å². The Bertz CT molecular complexity index is 935. The van der Waals surface area contributed by atoms with Crippen LogP contribution in [0, 0.1) is 17.6 Å². The number of hydrogen-bond donors (Lipinski definition) is 0. The Balaban J connectivity index is 1.54. The lowest BCUT2D eigenvalue weighted by molar-refractivity contribution is -0.256. The minimum Gasteiger partial charge on any atom is -0.338 e. The van der Waals surface area contributed by atoms with E-state index in [-0.39, 0.29) is 17.9 Å². The second-order valence-corrected chi connectivity index (χ2v) is 7.77. The van der Waals surface area contributed by atoms with Crippen molar-refractivity contribution in [2.45, 2.75) is 31.5 Å². The first kappa shape index (κ1) is 17.8. The number of hydrogen-bond acceptors (Lipinski definition) is 3. The molecule has 3 aliphatic rings. The van der Waals surface area contributed by atoms with E-state index in [2.05, 4.69) is 0 Å². The molecular weight excluding hydrogens is 364 g/mol. The second-order valence-electron chi connectivity index (χ2n) is 7.77. The SMILES string of the molecule is O=C1N(CC2CC2)c2ccc(Cc3cccc(F)c3F)cc2C12OCCCO2. The van der Waals surface area contributed by atoms with Crippen molar-refractivity contribution in [1.82, 2.24) is 0 Å². The lowest BCUT2D eigenvalue weighted by Crippen LogP contribution is -2.47. The first-order valence-electron chi connectivity index (χ1n) is 9.75. The average Bonchev–Trinajstić information content (AvgIpc) is 3.51. The summed E-state index contributed by atoms with van der Waals surface area (Å²) in [6.45, 7) is 1.56. The van der Waals surface area contributed by atoms with Gasteiger partial charge in [-0.25, -0.2) is 8.78 Å². The first-order chi connectivity index (χ1) is 13.6. The fourth-order valence-corrected chi connectivity index (χ4v) is 4.05. The van der Waals surface area contributed by atoms with Gasteiger partial charge in [-0.15, -0.1) is 0 Å². The van der Waals surface area contributed by atoms with Crippen molar-refractivity contribution in [2.75, 3.05) is 24.7 Å². The van der Waals surface area contributed by atoms with Crippen molar-refractivity contribution in [2.24, 2.45) is 5.92 Å². The number of halogens is 2. The zero-order valence-corrected chi connectivity index (χ0v) is 15.4. The quantitative estimate of drug-likeness (QED) is 0.801. The summed E-state index contributed by atoms with van der Waals surface area (Å²) in [4.78, 5) is 15.0. The zero-order valence-electron chi connectivity index (χ0n) is 15.4. The molecule has 1 amide bonds. The highest BCUT2D eigenvalue weighted by molar-refractivity contribution is 6.06. The fourth-order valence-electron chi connectivity index (χ4n) is 4.05. The molecule has 0 atom stereocenters. The summed E-state index contributed by atoms with van der Waals surface area (Å²) in [5.74, 6) is -2.76. The predicted octanol–water partition coefficient (Wildman–Crippen LogP) is 3.90. The molecule has 1 saturated heterocycles. The minimum absolute atomic E-state index is 0.178. The summed E-state index contributed by atoms with van der Waals surface area (Å²) < 4.78 is 39.4. The van der Waals surface area contributed by atoms with Gasteiger partial charge in [0.2, 0.25) is 0 Å². The number of nitrogens with zero attached hydrogens (tertiary/aromatic N) is 1. The number of amides is 1. The topological polar surface area (TPSA) is 38.8 Å². The molecule has 1 aliphatic carbocycles. The molecular formula is C22H21F2NO3. The third-order valence-electron chi connectivity index (χ3n) is 5.70. The van der Waals surface area contributed by atoms with E-state index in [9.17, 15) is 13.6 Å². The molecule has 2 fully saturated rings. The highest BCUT2D eigenvalue weighted by Crippen LogP contribution is 2.47. The number of fused-ring (bicyclic) bond motifs is 2. The van der Waals surface area contributed by atoms with Gasteiger partial charge in [0.05, 0.1) is 18.9 Å². The maximum absolute atomic E-state index is 14.1. The van der Waals surface area contributed by atoms with Crippen molar-refractivity contribution in [3.8, 4) is 0 Å². The van der Waals surface area contributed by atoms with Crippen LogP contribution in [0.4, 0.5) is 14.5 Å². The number of carbonyl (C=O) groups excluding carboxylic acids is 1. The van der Waals surface area contributed by atoms with Gasteiger partial charge < -0.3 is 14.4 Å². The molecule has 4 nitrogen and oxygen atoms in total. The zero-order chi connectivity index (χ0) is 19.3. The molecule has 0 radical (unpaired) electrons. The van der Waals surface area contributed by atoms with Crippen LogP contribution in [0.1, 0.15) is 36.0 Å². The number of anilines is 1. The number of carbonyl (C=O) groups is 1. The molecule has 2 aromatic carbocycles. The summed E-state index contributed by atoms with van der Waals surface area (Å²) in [6.07, 6.45) is 3.22. The van der Waals surface area contributed by atoms with Crippen LogP contribution in [0.15, 0.2) is 36.4 Å². The van der Waals surface area contributed by atoms with Crippen LogP contribution >= 0.6 is 0 Å². The van der Waals surface area contributed by atoms with Gasteiger partial charge in [0.1, 0.15) is 0 Å². The Morgan fingerprint density at radius 2 is 1.89 bits per heavy atom. The minimum atomic E-state index is -1.40. The van der Waals surface area contributed by atoms with Crippen LogP contribution in [0.5, 0.6) is 0 Å². The Hall–Kier alpha value is -2.31. The Morgan fingerprint density at radius 1 is 1.11 bits per heavy atom. The number of benzene rings is 2. The van der Waals surface area contributed by atoms with Gasteiger partial charge in [-0.05, 0) is 54.5 Å². The van der Waals surface area contributed by atoms with Crippen LogP contribution in [0.25, 0.3) is 0 Å². The molecule has 0 aromatic heterocycles. The molecule has 1 saturated carbocycles. The van der Waals surface area contributed by atoms with Gasteiger partial charge in [-0.2, -0.15) is 0 Å². The van der Waals surface area contributed by atoms with Crippen molar-refractivity contribution < 1.29 is 23.0 Å². The summed E-state index contributed by atoms with van der Waals surface area (Å²) >= 11 is 0. The smallest absolute Gasteiger partial charge is 0.292 e. The lowest BCUT2D eigenvalue weighted by atomic mass is 9.98. The van der Waals surface area contributed by atoms with Crippen molar-refractivity contribution in [3.63, 3.8) is 0 Å². The summed E-state index contributed by atoms with van der Waals surface area (Å²) in [5, 5.41) is 0. The number of ether oxygens (including phenoxy) is 2. The van der Waals surface area contributed by atoms with Crippen molar-refractivity contribution >= 4 is 11.6 Å². The first-order valence-corrected chi connectivity index (χ1v) is 9.75. The lowest BCUT2D eigenvalue weighted by Gasteiger charge is -2.32. The van der Waals surface area contributed by atoms with E-state index >= 15 is 0 Å². The van der Waals surface area contributed by atoms with E-state index in [0.717, 1.165) is 36.6 Å². The van der Waals surface area contributed by atoms with Gasteiger partial charge in [-0.1, -0.05) is 18.2 Å². The molecule has 5 rings (SSSR count). The van der Waals surface area contributed by atoms with Crippen LogP contribution in [0.3, 0.4) is 0 Å². The summed E-state index contributed by atoms with van der Waals surface area (Å²) in [5.41, 5.74) is 2.52. The molecule has 2 aromatic rings. The van der Waals surface area contributed by atoms with E-state index in [1.807, 2.05) is 18.2 Å². The monoisotopic (exact) mass is 385 g/mol. The van der Waals surface area contributed by atoms with Crippen LogP contribution in [-0.2, 0) is 26.5 Å². The molecule has 0 N–H and O–H groups in total. The third-order valence-corrected chi connectivity index (χ3v) is 5.70. The molecule has 6 heteroatoms. The molecule has 1 spiro atoms. The van der Waals surface area contributed by atoms with Crippen LogP contribution in [-0.4, -0.2) is 25.7 Å². The van der Waals surface area contributed by atoms with E-state index in [0.29, 0.717) is 31.2 Å². The maximum atomic E-state index is 14.1. The van der Waals surface area contributed by atoms with Gasteiger partial charge >= 0.3 is 0 Å². The Kier molecular flexibility index (Phi) is 4.21. The maximum Gasteiger partial charge on any atom is 0.292 e. The van der Waals surface area contributed by atoms with E-state index in [1.165, 1.54) is 6.07 Å². The van der Waals surface area contributed by atoms with Gasteiger partial charge in [0, 0.05) is 18.5 Å². The highest BCUT2D eigenvalue weighted by atomic mass is 19.2. The fraction of sp³-hybridized carbons (Fsp3) is 0.409. The van der Waals surface area contributed by atoms with Crippen molar-refractivity contribution in [3.05, 3.63) is 64.7 Å². The van der Waals surface area contributed by atoms with Crippen molar-refractivity contribution in [1.29, 1.82) is 0 Å². The number of rotatable bonds is 4. The average molecular weight is 385 g/mol.